The predicted molar refractivity (Wildman–Crippen MR) is 176 cm³/mol. The van der Waals surface area contributed by atoms with Crippen molar-refractivity contribution in [1.29, 1.82) is 10.5 Å². The third-order valence-corrected chi connectivity index (χ3v) is 9.59. The number of hydrogen-bond acceptors (Lipinski definition) is 4. The maximum Gasteiger partial charge on any atom is 0.135 e. The maximum absolute atomic E-state index is 9.94. The van der Waals surface area contributed by atoms with Gasteiger partial charge in [-0.1, -0.05) is 48.5 Å². The fraction of sp³-hybridized carbons (Fsp3) is 0. The van der Waals surface area contributed by atoms with E-state index >= 15 is 0 Å². The van der Waals surface area contributed by atoms with Crippen LogP contribution in [0.5, 0.6) is 0 Å². The largest absolute Gasteiger partial charge is 0.456 e. The molecule has 0 spiro atoms. The molecule has 0 radical (unpaired) electrons. The highest BCUT2D eigenvalue weighted by molar-refractivity contribution is 7.26. The molecule has 0 saturated carbocycles. The molecule has 0 saturated heterocycles. The number of nitrogens with zero attached hydrogens (tertiary/aromatic N) is 3. The molecular weight excluding hydrogens is 547 g/mol. The van der Waals surface area contributed by atoms with E-state index in [9.17, 15) is 10.5 Å². The van der Waals surface area contributed by atoms with Crippen LogP contribution in [0, 0.1) is 22.7 Å². The smallest absolute Gasteiger partial charge is 0.135 e. The second-order valence-corrected chi connectivity index (χ2v) is 11.8. The van der Waals surface area contributed by atoms with E-state index in [1.54, 1.807) is 6.07 Å². The van der Waals surface area contributed by atoms with Gasteiger partial charge in [-0.3, -0.25) is 0 Å². The molecule has 9 rings (SSSR count). The normalized spacial score (nSPS) is 11.7. The number of rotatable bonds is 2. The minimum Gasteiger partial charge on any atom is -0.456 e. The van der Waals surface area contributed by atoms with Crippen molar-refractivity contribution in [2.75, 3.05) is 0 Å². The second-order valence-electron chi connectivity index (χ2n) is 10.8. The maximum atomic E-state index is 9.94. The molecule has 9 aromatic rings. The minimum atomic E-state index is 0.588. The Morgan fingerprint density at radius 3 is 2.16 bits per heavy atom. The van der Waals surface area contributed by atoms with Crippen LogP contribution in [-0.2, 0) is 0 Å². The van der Waals surface area contributed by atoms with Gasteiger partial charge in [-0.25, -0.2) is 0 Å². The van der Waals surface area contributed by atoms with Crippen LogP contribution < -0.4 is 0 Å². The molecule has 3 aromatic heterocycles. The van der Waals surface area contributed by atoms with Crippen LogP contribution in [0.3, 0.4) is 0 Å². The van der Waals surface area contributed by atoms with Crippen molar-refractivity contribution in [2.24, 2.45) is 0 Å². The minimum absolute atomic E-state index is 0.588. The monoisotopic (exact) mass is 565 g/mol. The number of benzene rings is 6. The van der Waals surface area contributed by atoms with Crippen LogP contribution in [0.25, 0.3) is 80.7 Å². The highest BCUT2D eigenvalue weighted by Gasteiger charge is 2.21. The standard InChI is InChI=1S/C38H19N3OS/c39-20-22-9-13-32(28(17-22)24-11-15-34-30(19-24)29-18-23(21-40)10-14-33(29)42-34)41-31-7-3-1-5-25(31)26-12-16-36-37(38(26)41)27-6-2-4-8-35(27)43-36/h1-19H. The molecule has 0 amide bonds. The Morgan fingerprint density at radius 2 is 1.30 bits per heavy atom. The van der Waals surface area contributed by atoms with Crippen LogP contribution in [0.15, 0.2) is 120 Å². The van der Waals surface area contributed by atoms with Gasteiger partial charge in [0.2, 0.25) is 0 Å². The van der Waals surface area contributed by atoms with E-state index in [4.69, 9.17) is 4.42 Å². The summed E-state index contributed by atoms with van der Waals surface area (Å²) in [6.07, 6.45) is 0. The van der Waals surface area contributed by atoms with E-state index in [-0.39, 0.29) is 0 Å². The van der Waals surface area contributed by atoms with Crippen molar-refractivity contribution in [3.8, 4) is 29.0 Å². The first kappa shape index (κ1) is 23.8. The van der Waals surface area contributed by atoms with E-state index in [2.05, 4.69) is 95.6 Å². The number of nitriles is 2. The Hall–Kier alpha value is -5.88. The fourth-order valence-corrected chi connectivity index (χ4v) is 7.67. The molecule has 5 heteroatoms. The summed E-state index contributed by atoms with van der Waals surface area (Å²) < 4.78 is 11.0. The lowest BCUT2D eigenvalue weighted by Gasteiger charge is -2.15. The summed E-state index contributed by atoms with van der Waals surface area (Å²) in [6.45, 7) is 0. The molecule has 0 aliphatic carbocycles. The first-order valence-electron chi connectivity index (χ1n) is 14.0. The first-order chi connectivity index (χ1) is 21.2. The van der Waals surface area contributed by atoms with Crippen molar-refractivity contribution in [3.63, 3.8) is 0 Å². The molecule has 6 aromatic carbocycles. The van der Waals surface area contributed by atoms with Gasteiger partial charge in [-0.2, -0.15) is 10.5 Å². The molecule has 198 valence electrons. The Labute approximate surface area is 249 Å². The lowest BCUT2D eigenvalue weighted by molar-refractivity contribution is 0.669. The van der Waals surface area contributed by atoms with E-state index in [0.29, 0.717) is 11.1 Å². The molecule has 4 nitrogen and oxygen atoms in total. The van der Waals surface area contributed by atoms with Crippen LogP contribution >= 0.6 is 11.3 Å². The molecule has 0 unspecified atom stereocenters. The Balaban J connectivity index is 1.42. The molecule has 0 N–H and O–H groups in total. The fourth-order valence-electron chi connectivity index (χ4n) is 6.56. The summed E-state index contributed by atoms with van der Waals surface area (Å²) in [5, 5.41) is 26.2. The molecule has 0 atom stereocenters. The number of hydrogen-bond donors (Lipinski definition) is 0. The Kier molecular flexibility index (Phi) is 4.87. The van der Waals surface area contributed by atoms with Crippen molar-refractivity contribution >= 4 is 75.3 Å². The van der Waals surface area contributed by atoms with Crippen LogP contribution in [0.1, 0.15) is 11.1 Å². The molecule has 0 aliphatic rings. The third-order valence-electron chi connectivity index (χ3n) is 8.45. The second kappa shape index (κ2) is 8.81. The zero-order valence-corrected chi connectivity index (χ0v) is 23.4. The van der Waals surface area contributed by atoms with E-state index in [0.717, 1.165) is 49.8 Å². The number of para-hydroxylation sites is 1. The number of furan rings is 1. The third kappa shape index (κ3) is 3.35. The molecule has 0 aliphatic heterocycles. The van der Waals surface area contributed by atoms with E-state index in [1.807, 2.05) is 41.7 Å². The van der Waals surface area contributed by atoms with Crippen LogP contribution in [0.4, 0.5) is 0 Å². The number of thiophene rings is 1. The van der Waals surface area contributed by atoms with Gasteiger partial charge in [0.1, 0.15) is 11.2 Å². The quantitative estimate of drug-likeness (QED) is 0.209. The van der Waals surface area contributed by atoms with Crippen molar-refractivity contribution in [3.05, 3.63) is 126 Å². The average Bonchev–Trinajstić information content (AvgIpc) is 3.73. The molecule has 0 bridgehead atoms. The lowest BCUT2D eigenvalue weighted by atomic mass is 9.98. The highest BCUT2D eigenvalue weighted by atomic mass is 32.1. The Bertz CT molecular complexity index is 2710. The SMILES string of the molecule is N#Cc1ccc(-n2c3ccccc3c3ccc4sc5ccccc5c4c32)c(-c2ccc3oc4ccc(C#N)cc4c3c2)c1. The summed E-state index contributed by atoms with van der Waals surface area (Å²) in [5.41, 5.74) is 7.87. The van der Waals surface area contributed by atoms with Gasteiger partial charge < -0.3 is 8.98 Å². The number of fused-ring (bicyclic) bond motifs is 10. The zero-order valence-electron chi connectivity index (χ0n) is 22.6. The van der Waals surface area contributed by atoms with Gasteiger partial charge in [0.25, 0.3) is 0 Å². The Morgan fingerprint density at radius 1 is 0.581 bits per heavy atom. The average molecular weight is 566 g/mol. The molecule has 0 fully saturated rings. The first-order valence-corrected chi connectivity index (χ1v) is 14.8. The summed E-state index contributed by atoms with van der Waals surface area (Å²) in [7, 11) is 0. The predicted octanol–water partition coefficient (Wildman–Crippen LogP) is 10.5. The van der Waals surface area contributed by atoms with Crippen LogP contribution in [-0.4, -0.2) is 4.57 Å². The zero-order chi connectivity index (χ0) is 28.7. The summed E-state index contributed by atoms with van der Waals surface area (Å²) in [5.74, 6) is 0. The topological polar surface area (TPSA) is 65.7 Å². The van der Waals surface area contributed by atoms with Gasteiger partial charge in [-0.15, -0.1) is 11.3 Å². The van der Waals surface area contributed by atoms with Crippen molar-refractivity contribution in [1.82, 2.24) is 4.57 Å². The van der Waals surface area contributed by atoms with Gasteiger partial charge in [-0.05, 0) is 72.3 Å². The van der Waals surface area contributed by atoms with E-state index in [1.165, 1.54) is 30.9 Å². The van der Waals surface area contributed by atoms with Crippen molar-refractivity contribution in [2.45, 2.75) is 0 Å². The van der Waals surface area contributed by atoms with Crippen molar-refractivity contribution < 1.29 is 4.42 Å². The molecular formula is C38H19N3OS. The summed E-state index contributed by atoms with van der Waals surface area (Å²) in [6, 6.07) is 43.8. The van der Waals surface area contributed by atoms with Gasteiger partial charge in [0, 0.05) is 47.3 Å². The van der Waals surface area contributed by atoms with E-state index < -0.39 is 0 Å². The van der Waals surface area contributed by atoms with Gasteiger partial charge >= 0.3 is 0 Å². The molecule has 43 heavy (non-hydrogen) atoms. The molecule has 3 heterocycles. The summed E-state index contributed by atoms with van der Waals surface area (Å²) >= 11 is 1.81. The number of aromatic nitrogens is 1. The summed E-state index contributed by atoms with van der Waals surface area (Å²) in [4.78, 5) is 0. The highest BCUT2D eigenvalue weighted by Crippen LogP contribution is 2.44. The lowest BCUT2D eigenvalue weighted by Crippen LogP contribution is -1.98. The van der Waals surface area contributed by atoms with Crippen LogP contribution in [0.2, 0.25) is 0 Å². The van der Waals surface area contributed by atoms with Gasteiger partial charge in [0.05, 0.1) is 40.0 Å². The van der Waals surface area contributed by atoms with Gasteiger partial charge in [0.15, 0.2) is 0 Å².